The van der Waals surface area contributed by atoms with Crippen molar-refractivity contribution in [3.63, 3.8) is 0 Å². The quantitative estimate of drug-likeness (QED) is 0.198. The molecule has 5 aromatic rings. The number of benzene rings is 2. The van der Waals surface area contributed by atoms with E-state index in [1.807, 2.05) is 29.6 Å². The predicted molar refractivity (Wildman–Crippen MR) is 171 cm³/mol. The van der Waals surface area contributed by atoms with Crippen LogP contribution in [0, 0.1) is 0 Å². The number of fused-ring (bicyclic) bond motifs is 3. The Balaban J connectivity index is 1.09. The van der Waals surface area contributed by atoms with E-state index in [1.165, 1.54) is 11.3 Å². The summed E-state index contributed by atoms with van der Waals surface area (Å²) in [5, 5.41) is 10.9. The van der Waals surface area contributed by atoms with Crippen molar-refractivity contribution in [2.24, 2.45) is 0 Å². The number of nitrogens with zero attached hydrogens (tertiary/aromatic N) is 5. The van der Waals surface area contributed by atoms with Crippen LogP contribution in [0.5, 0.6) is 5.75 Å². The number of likely N-dealkylation sites (N-methyl/N-ethyl adjacent to an activating group) is 1. The highest BCUT2D eigenvalue weighted by Crippen LogP contribution is 2.38. The predicted octanol–water partition coefficient (Wildman–Crippen LogP) is 5.57. The minimum Gasteiger partial charge on any atom is -0.486 e. The van der Waals surface area contributed by atoms with Crippen molar-refractivity contribution in [1.82, 2.24) is 30.1 Å². The molecule has 42 heavy (non-hydrogen) atoms. The Labute approximate surface area is 257 Å². The van der Waals surface area contributed by atoms with Crippen molar-refractivity contribution in [3.8, 4) is 5.75 Å². The summed E-state index contributed by atoms with van der Waals surface area (Å²) in [4.78, 5) is 31.7. The first-order chi connectivity index (χ1) is 20.6. The number of rotatable bonds is 11. The lowest BCUT2D eigenvalue weighted by atomic mass is 10.1. The Morgan fingerprint density at radius 3 is 2.71 bits per heavy atom. The van der Waals surface area contributed by atoms with Gasteiger partial charge in [0.15, 0.2) is 0 Å². The summed E-state index contributed by atoms with van der Waals surface area (Å²) in [7, 11) is 0. The van der Waals surface area contributed by atoms with E-state index in [9.17, 15) is 4.79 Å². The van der Waals surface area contributed by atoms with Crippen LogP contribution in [0.4, 0.5) is 11.5 Å². The van der Waals surface area contributed by atoms with Gasteiger partial charge in [-0.1, -0.05) is 30.7 Å². The van der Waals surface area contributed by atoms with E-state index >= 15 is 0 Å². The Hall–Kier alpha value is -3.35. The SMILES string of the molecule is CCN1CCN(CCNC(=O)Cc2ccc3c(c2)sc2ncnc(Nc4ccc(OCc5cscn5)c(Cl)c4)c23)CC1. The number of piperazine rings is 1. The maximum absolute atomic E-state index is 12.7. The van der Waals surface area contributed by atoms with Gasteiger partial charge in [-0.3, -0.25) is 9.69 Å². The maximum Gasteiger partial charge on any atom is 0.224 e. The van der Waals surface area contributed by atoms with Gasteiger partial charge in [0.2, 0.25) is 5.91 Å². The zero-order valence-electron chi connectivity index (χ0n) is 23.3. The average Bonchev–Trinajstić information content (AvgIpc) is 3.65. The second kappa shape index (κ2) is 13.3. The van der Waals surface area contributed by atoms with Crippen molar-refractivity contribution in [2.75, 3.05) is 51.1 Å². The molecule has 0 atom stereocenters. The number of ether oxygens (including phenoxy) is 1. The molecule has 3 aromatic heterocycles. The van der Waals surface area contributed by atoms with Gasteiger partial charge in [-0.15, -0.1) is 22.7 Å². The number of carbonyl (C=O) groups excluding carboxylic acids is 1. The van der Waals surface area contributed by atoms with E-state index in [2.05, 4.69) is 54.4 Å². The summed E-state index contributed by atoms with van der Waals surface area (Å²) in [5.41, 5.74) is 4.41. The Morgan fingerprint density at radius 2 is 1.93 bits per heavy atom. The smallest absolute Gasteiger partial charge is 0.224 e. The molecular formula is C30H32ClN7O2S2. The molecule has 1 aliphatic heterocycles. The molecule has 4 heterocycles. The van der Waals surface area contributed by atoms with Crippen LogP contribution in [0.2, 0.25) is 5.02 Å². The molecular weight excluding hydrogens is 590 g/mol. The minimum atomic E-state index is 0.0423. The number of thiazole rings is 1. The summed E-state index contributed by atoms with van der Waals surface area (Å²) < 4.78 is 6.89. The number of halogens is 1. The summed E-state index contributed by atoms with van der Waals surface area (Å²) in [6.07, 6.45) is 1.91. The van der Waals surface area contributed by atoms with E-state index in [1.54, 1.807) is 23.2 Å². The fourth-order valence-corrected chi connectivity index (χ4v) is 6.96. The highest BCUT2D eigenvalue weighted by molar-refractivity contribution is 7.25. The van der Waals surface area contributed by atoms with Crippen LogP contribution in [0.15, 0.2) is 53.6 Å². The number of carbonyl (C=O) groups is 1. The first-order valence-corrected chi connectivity index (χ1v) is 16.1. The van der Waals surface area contributed by atoms with Gasteiger partial charge in [-0.25, -0.2) is 15.0 Å². The molecule has 6 rings (SSSR count). The van der Waals surface area contributed by atoms with E-state index < -0.39 is 0 Å². The third-order valence-electron chi connectivity index (χ3n) is 7.42. The lowest BCUT2D eigenvalue weighted by Gasteiger charge is -2.33. The highest BCUT2D eigenvalue weighted by Gasteiger charge is 2.16. The van der Waals surface area contributed by atoms with Crippen molar-refractivity contribution < 1.29 is 9.53 Å². The molecule has 1 fully saturated rings. The number of hydrogen-bond donors (Lipinski definition) is 2. The minimum absolute atomic E-state index is 0.0423. The number of amides is 1. The van der Waals surface area contributed by atoms with E-state index in [4.69, 9.17) is 16.3 Å². The molecule has 2 aromatic carbocycles. The van der Waals surface area contributed by atoms with Crippen molar-refractivity contribution in [1.29, 1.82) is 0 Å². The highest BCUT2D eigenvalue weighted by atomic mass is 35.5. The third-order valence-corrected chi connectivity index (χ3v) is 9.41. The van der Waals surface area contributed by atoms with Crippen molar-refractivity contribution in [3.05, 3.63) is 69.9 Å². The molecule has 0 spiro atoms. The molecule has 218 valence electrons. The molecule has 2 N–H and O–H groups in total. The Morgan fingerprint density at radius 1 is 1.07 bits per heavy atom. The largest absolute Gasteiger partial charge is 0.486 e. The molecule has 12 heteroatoms. The molecule has 0 radical (unpaired) electrons. The van der Waals surface area contributed by atoms with Crippen LogP contribution in [0.3, 0.4) is 0 Å². The van der Waals surface area contributed by atoms with E-state index in [0.29, 0.717) is 36.2 Å². The molecule has 1 aliphatic rings. The number of anilines is 2. The van der Waals surface area contributed by atoms with Crippen LogP contribution >= 0.6 is 34.3 Å². The van der Waals surface area contributed by atoms with Gasteiger partial charge in [0.1, 0.15) is 29.3 Å². The second-order valence-corrected chi connectivity index (χ2v) is 12.3. The summed E-state index contributed by atoms with van der Waals surface area (Å²) in [6, 6.07) is 11.7. The Bertz CT molecular complexity index is 1670. The van der Waals surface area contributed by atoms with Crippen LogP contribution < -0.4 is 15.4 Å². The van der Waals surface area contributed by atoms with Crippen molar-refractivity contribution in [2.45, 2.75) is 20.0 Å². The maximum atomic E-state index is 12.7. The number of thiophene rings is 1. The molecule has 0 saturated carbocycles. The molecule has 0 aliphatic carbocycles. The molecule has 1 saturated heterocycles. The lowest BCUT2D eigenvalue weighted by Crippen LogP contribution is -2.48. The fourth-order valence-electron chi connectivity index (χ4n) is 5.08. The van der Waals surface area contributed by atoms with Gasteiger partial charge in [0, 0.05) is 60.4 Å². The normalized spacial score (nSPS) is 14.4. The van der Waals surface area contributed by atoms with E-state index in [0.717, 1.165) is 76.5 Å². The molecule has 9 nitrogen and oxygen atoms in total. The van der Waals surface area contributed by atoms with Crippen LogP contribution in [-0.2, 0) is 17.8 Å². The lowest BCUT2D eigenvalue weighted by molar-refractivity contribution is -0.120. The molecule has 0 bridgehead atoms. The van der Waals surface area contributed by atoms with Crippen LogP contribution in [-0.4, -0.2) is 76.5 Å². The van der Waals surface area contributed by atoms with E-state index in [-0.39, 0.29) is 5.91 Å². The first kappa shape index (κ1) is 28.8. The monoisotopic (exact) mass is 621 g/mol. The second-order valence-electron chi connectivity index (χ2n) is 10.2. The van der Waals surface area contributed by atoms with Crippen LogP contribution in [0.1, 0.15) is 18.2 Å². The molecule has 1 amide bonds. The number of nitrogens with one attached hydrogen (secondary N) is 2. The third kappa shape index (κ3) is 6.82. The number of hydrogen-bond acceptors (Lipinski definition) is 10. The summed E-state index contributed by atoms with van der Waals surface area (Å²) in [6.45, 7) is 9.56. The van der Waals surface area contributed by atoms with Gasteiger partial charge >= 0.3 is 0 Å². The first-order valence-electron chi connectivity index (χ1n) is 14.0. The fraction of sp³-hybridized carbons (Fsp3) is 0.333. The topological polar surface area (TPSA) is 95.5 Å². The number of aromatic nitrogens is 3. The van der Waals surface area contributed by atoms with Gasteiger partial charge in [-0.05, 0) is 36.4 Å². The van der Waals surface area contributed by atoms with Gasteiger partial charge in [-0.2, -0.15) is 0 Å². The summed E-state index contributed by atoms with van der Waals surface area (Å²) in [5.74, 6) is 1.33. The van der Waals surface area contributed by atoms with Crippen LogP contribution in [0.25, 0.3) is 20.3 Å². The zero-order chi connectivity index (χ0) is 28.9. The van der Waals surface area contributed by atoms with Gasteiger partial charge < -0.3 is 20.3 Å². The van der Waals surface area contributed by atoms with Crippen molar-refractivity contribution >= 4 is 72.0 Å². The zero-order valence-corrected chi connectivity index (χ0v) is 25.7. The van der Waals surface area contributed by atoms with Gasteiger partial charge in [0.05, 0.1) is 28.0 Å². The Kier molecular flexibility index (Phi) is 9.11. The standard InChI is InChI=1S/C30H32ClN7O2S2/c1-2-37-9-11-38(12-10-37)8-7-32-27(39)14-20-3-5-23-26(13-20)42-30-28(23)29(33-18-34-30)36-21-4-6-25(24(31)15-21)40-16-22-17-41-19-35-22/h3-6,13,15,17-19H,2,7-12,14,16H2,1H3,(H,32,39)(H,33,34,36). The summed E-state index contributed by atoms with van der Waals surface area (Å²) >= 11 is 9.64. The average molecular weight is 622 g/mol. The van der Waals surface area contributed by atoms with Gasteiger partial charge in [0.25, 0.3) is 0 Å². The molecule has 0 unspecified atom stereocenters.